The first-order valence-corrected chi connectivity index (χ1v) is 8.56. The van der Waals surface area contributed by atoms with Crippen LogP contribution in [0, 0.1) is 6.92 Å². The van der Waals surface area contributed by atoms with E-state index >= 15 is 0 Å². The van der Waals surface area contributed by atoms with Crippen molar-refractivity contribution in [1.29, 1.82) is 0 Å². The number of carbonyl (C=O) groups excluding carboxylic acids is 1. The van der Waals surface area contributed by atoms with Crippen molar-refractivity contribution in [3.63, 3.8) is 0 Å². The van der Waals surface area contributed by atoms with Crippen LogP contribution in [0.25, 0.3) is 0 Å². The van der Waals surface area contributed by atoms with Gasteiger partial charge in [-0.05, 0) is 31.0 Å². The minimum atomic E-state index is -3.49. The first-order valence-electron chi connectivity index (χ1n) is 6.85. The van der Waals surface area contributed by atoms with Crippen molar-refractivity contribution >= 4 is 15.9 Å². The highest BCUT2D eigenvalue weighted by Gasteiger charge is 2.31. The van der Waals surface area contributed by atoms with Crippen molar-refractivity contribution in [2.75, 3.05) is 18.8 Å². The summed E-state index contributed by atoms with van der Waals surface area (Å²) < 4.78 is 27.3. The monoisotopic (exact) mass is 312 g/mol. The van der Waals surface area contributed by atoms with E-state index in [9.17, 15) is 13.2 Å². The second-order valence-electron chi connectivity index (χ2n) is 5.33. The maximum Gasteiger partial charge on any atom is 0.222 e. The first-order chi connectivity index (χ1) is 9.83. The van der Waals surface area contributed by atoms with Crippen LogP contribution in [0.1, 0.15) is 18.4 Å². The SMILES string of the molecule is Cc1cccc(OC2CN(C(=O)CCCS(N)(=O)=O)C2)c1. The largest absolute Gasteiger partial charge is 0.487 e. The van der Waals surface area contributed by atoms with E-state index in [0.717, 1.165) is 11.3 Å². The smallest absolute Gasteiger partial charge is 0.222 e. The van der Waals surface area contributed by atoms with E-state index in [1.54, 1.807) is 4.90 Å². The minimum Gasteiger partial charge on any atom is -0.487 e. The second kappa shape index (κ2) is 6.44. The normalized spacial score (nSPS) is 15.6. The van der Waals surface area contributed by atoms with Crippen LogP contribution in [0.5, 0.6) is 5.75 Å². The number of amides is 1. The Morgan fingerprint density at radius 2 is 2.14 bits per heavy atom. The lowest BCUT2D eigenvalue weighted by molar-refractivity contribution is -0.140. The highest BCUT2D eigenvalue weighted by Crippen LogP contribution is 2.19. The summed E-state index contributed by atoms with van der Waals surface area (Å²) in [5.41, 5.74) is 1.13. The molecule has 7 heteroatoms. The van der Waals surface area contributed by atoms with Crippen LogP contribution in [0.2, 0.25) is 0 Å². The fraction of sp³-hybridized carbons (Fsp3) is 0.500. The molecule has 0 aromatic heterocycles. The van der Waals surface area contributed by atoms with Crippen LogP contribution in [0.4, 0.5) is 0 Å². The molecule has 1 amide bonds. The zero-order valence-corrected chi connectivity index (χ0v) is 12.8. The number of nitrogens with two attached hydrogens (primary N) is 1. The van der Waals surface area contributed by atoms with Gasteiger partial charge in [-0.1, -0.05) is 12.1 Å². The highest BCUT2D eigenvalue weighted by molar-refractivity contribution is 7.89. The van der Waals surface area contributed by atoms with Gasteiger partial charge in [-0.15, -0.1) is 0 Å². The number of carbonyl (C=O) groups is 1. The molecule has 0 saturated carbocycles. The van der Waals surface area contributed by atoms with Gasteiger partial charge in [-0.25, -0.2) is 13.6 Å². The zero-order valence-electron chi connectivity index (χ0n) is 12.0. The molecule has 2 N–H and O–H groups in total. The maximum absolute atomic E-state index is 11.8. The van der Waals surface area contributed by atoms with Crippen molar-refractivity contribution in [3.05, 3.63) is 29.8 Å². The van der Waals surface area contributed by atoms with Crippen LogP contribution in [0.15, 0.2) is 24.3 Å². The quantitative estimate of drug-likeness (QED) is 0.835. The average molecular weight is 312 g/mol. The summed E-state index contributed by atoms with van der Waals surface area (Å²) in [5, 5.41) is 4.89. The van der Waals surface area contributed by atoms with Crippen LogP contribution in [0.3, 0.4) is 0 Å². The summed E-state index contributed by atoms with van der Waals surface area (Å²) in [6.07, 6.45) is 0.472. The van der Waals surface area contributed by atoms with Crippen LogP contribution in [-0.4, -0.2) is 44.2 Å². The molecule has 1 aliphatic rings. The summed E-state index contributed by atoms with van der Waals surface area (Å²) in [7, 11) is -3.49. The van der Waals surface area contributed by atoms with Crippen molar-refractivity contribution in [2.45, 2.75) is 25.9 Å². The number of primary sulfonamides is 1. The number of aryl methyl sites for hydroxylation is 1. The molecule has 1 heterocycles. The van der Waals surface area contributed by atoms with E-state index in [-0.39, 0.29) is 30.6 Å². The maximum atomic E-state index is 11.8. The van der Waals surface area contributed by atoms with Gasteiger partial charge in [0.05, 0.1) is 18.8 Å². The Hall–Kier alpha value is -1.60. The van der Waals surface area contributed by atoms with Crippen molar-refractivity contribution in [3.8, 4) is 5.75 Å². The third-order valence-electron chi connectivity index (χ3n) is 3.31. The lowest BCUT2D eigenvalue weighted by Gasteiger charge is -2.39. The molecule has 6 nitrogen and oxygen atoms in total. The second-order valence-corrected chi connectivity index (χ2v) is 7.06. The number of likely N-dealkylation sites (tertiary alicyclic amines) is 1. The zero-order chi connectivity index (χ0) is 15.5. The van der Waals surface area contributed by atoms with E-state index in [1.165, 1.54) is 0 Å². The molecule has 0 spiro atoms. The number of ether oxygens (including phenoxy) is 1. The topological polar surface area (TPSA) is 89.7 Å². The lowest BCUT2D eigenvalue weighted by Crippen LogP contribution is -2.56. The van der Waals surface area contributed by atoms with Gasteiger partial charge in [-0.2, -0.15) is 0 Å². The standard InChI is InChI=1S/C14H20N2O4S/c1-11-4-2-5-12(8-11)20-13-9-16(10-13)14(17)6-3-7-21(15,18)19/h2,4-5,8,13H,3,6-7,9-10H2,1H3,(H2,15,18,19). The Morgan fingerprint density at radius 3 is 2.76 bits per heavy atom. The summed E-state index contributed by atoms with van der Waals surface area (Å²) in [5.74, 6) is 0.597. The lowest BCUT2D eigenvalue weighted by atomic mass is 10.1. The number of nitrogens with zero attached hydrogens (tertiary/aromatic N) is 1. The third-order valence-corrected chi connectivity index (χ3v) is 4.17. The number of rotatable bonds is 6. The summed E-state index contributed by atoms with van der Waals surface area (Å²) in [4.78, 5) is 13.5. The molecule has 21 heavy (non-hydrogen) atoms. The average Bonchev–Trinajstić information content (AvgIpc) is 2.31. The molecule has 0 aliphatic carbocycles. The Kier molecular flexibility index (Phi) is 4.84. The van der Waals surface area contributed by atoms with E-state index in [0.29, 0.717) is 13.1 Å². The molecule has 2 rings (SSSR count). The van der Waals surface area contributed by atoms with E-state index in [4.69, 9.17) is 9.88 Å². The van der Waals surface area contributed by atoms with Gasteiger partial charge in [-0.3, -0.25) is 4.79 Å². The Bertz CT molecular complexity index is 609. The number of sulfonamides is 1. The molecule has 1 aromatic carbocycles. The van der Waals surface area contributed by atoms with E-state index in [1.807, 2.05) is 31.2 Å². The van der Waals surface area contributed by atoms with Gasteiger partial charge in [0.15, 0.2) is 0 Å². The van der Waals surface area contributed by atoms with Crippen LogP contribution >= 0.6 is 0 Å². The van der Waals surface area contributed by atoms with Gasteiger partial charge in [0.1, 0.15) is 11.9 Å². The Balaban J connectivity index is 1.70. The number of hydrogen-bond donors (Lipinski definition) is 1. The predicted molar refractivity (Wildman–Crippen MR) is 79.4 cm³/mol. The molecule has 1 aliphatic heterocycles. The van der Waals surface area contributed by atoms with Gasteiger partial charge >= 0.3 is 0 Å². The Labute approximate surface area is 124 Å². The predicted octanol–water partition coefficient (Wildman–Crippen LogP) is 0.653. The molecule has 0 unspecified atom stereocenters. The molecule has 1 aromatic rings. The molecule has 0 bridgehead atoms. The summed E-state index contributed by atoms with van der Waals surface area (Å²) in [6.45, 7) is 3.08. The van der Waals surface area contributed by atoms with Crippen molar-refractivity contribution in [1.82, 2.24) is 4.90 Å². The molecule has 1 saturated heterocycles. The van der Waals surface area contributed by atoms with Gasteiger partial charge in [0.2, 0.25) is 15.9 Å². The molecular formula is C14H20N2O4S. The summed E-state index contributed by atoms with van der Waals surface area (Å²) in [6, 6.07) is 7.77. The van der Waals surface area contributed by atoms with Crippen molar-refractivity contribution < 1.29 is 17.9 Å². The number of benzene rings is 1. The van der Waals surface area contributed by atoms with Gasteiger partial charge < -0.3 is 9.64 Å². The van der Waals surface area contributed by atoms with Crippen molar-refractivity contribution in [2.24, 2.45) is 5.14 Å². The van der Waals surface area contributed by atoms with E-state index < -0.39 is 10.0 Å². The third kappa shape index (κ3) is 5.02. The van der Waals surface area contributed by atoms with E-state index in [2.05, 4.69) is 0 Å². The fourth-order valence-corrected chi connectivity index (χ4v) is 2.73. The van der Waals surface area contributed by atoms with Crippen LogP contribution < -0.4 is 9.88 Å². The molecule has 0 atom stereocenters. The molecule has 1 fully saturated rings. The molecular weight excluding hydrogens is 292 g/mol. The summed E-state index contributed by atoms with van der Waals surface area (Å²) >= 11 is 0. The van der Waals surface area contributed by atoms with Crippen LogP contribution in [-0.2, 0) is 14.8 Å². The fourth-order valence-electron chi connectivity index (χ4n) is 2.18. The van der Waals surface area contributed by atoms with Gasteiger partial charge in [0, 0.05) is 6.42 Å². The molecule has 116 valence electrons. The molecule has 0 radical (unpaired) electrons. The Morgan fingerprint density at radius 1 is 1.43 bits per heavy atom. The number of hydrogen-bond acceptors (Lipinski definition) is 4. The highest BCUT2D eigenvalue weighted by atomic mass is 32.2. The minimum absolute atomic E-state index is 0.00833. The van der Waals surface area contributed by atoms with Gasteiger partial charge in [0.25, 0.3) is 0 Å². The first kappa shape index (κ1) is 15.8.